The van der Waals surface area contributed by atoms with Gasteiger partial charge in [0, 0.05) is 5.56 Å². The molecule has 0 bridgehead atoms. The van der Waals surface area contributed by atoms with Gasteiger partial charge in [0.25, 0.3) is 0 Å². The Kier molecular flexibility index (Phi) is 7.90. The van der Waals surface area contributed by atoms with Gasteiger partial charge in [0.2, 0.25) is 0 Å². The third-order valence-electron chi connectivity index (χ3n) is 8.34. The first-order valence-electron chi connectivity index (χ1n) is 13.1. The van der Waals surface area contributed by atoms with Gasteiger partial charge in [-0.15, -0.1) is 0 Å². The molecule has 2 nitrogen and oxygen atoms in total. The molecule has 3 fully saturated rings. The molecule has 4 rings (SSSR count). The van der Waals surface area contributed by atoms with Crippen LogP contribution in [-0.2, 0) is 0 Å². The van der Waals surface area contributed by atoms with Crippen molar-refractivity contribution in [3.63, 3.8) is 0 Å². The Labute approximate surface area is 183 Å². The standard InChI is InChI=1S/C28H42O2/c29-28(30)27-25(22-15-9-3-4-10-16-22)19-24(21-13-7-1-2-8-14-21)20-26(27)23-17-11-5-6-12-18-23/h19-23H,1-18H2,(H,29,30)/p-1. The first-order valence-corrected chi connectivity index (χ1v) is 13.1. The molecule has 3 aliphatic carbocycles. The lowest BCUT2D eigenvalue weighted by Gasteiger charge is -2.29. The summed E-state index contributed by atoms with van der Waals surface area (Å²) in [5.74, 6) is 0.532. The second-order valence-corrected chi connectivity index (χ2v) is 10.4. The van der Waals surface area contributed by atoms with Crippen LogP contribution in [-0.4, -0.2) is 5.97 Å². The van der Waals surface area contributed by atoms with E-state index in [-0.39, 0.29) is 0 Å². The van der Waals surface area contributed by atoms with Gasteiger partial charge in [0.1, 0.15) is 0 Å². The van der Waals surface area contributed by atoms with Gasteiger partial charge in [-0.05, 0) is 73.0 Å². The average molecular weight is 410 g/mol. The molecule has 0 N–H and O–H groups in total. The van der Waals surface area contributed by atoms with Crippen molar-refractivity contribution < 1.29 is 9.90 Å². The van der Waals surface area contributed by atoms with Crippen LogP contribution in [0.25, 0.3) is 0 Å². The lowest BCUT2D eigenvalue weighted by Crippen LogP contribution is -2.27. The first kappa shape index (κ1) is 21.9. The molecule has 1 aromatic rings. The van der Waals surface area contributed by atoms with Crippen LogP contribution in [0.2, 0.25) is 0 Å². The highest BCUT2D eigenvalue weighted by atomic mass is 16.4. The van der Waals surface area contributed by atoms with Crippen molar-refractivity contribution in [2.75, 3.05) is 0 Å². The maximum atomic E-state index is 12.5. The maximum absolute atomic E-state index is 12.5. The molecule has 0 amide bonds. The van der Waals surface area contributed by atoms with E-state index in [2.05, 4.69) is 12.1 Å². The fourth-order valence-corrected chi connectivity index (χ4v) is 6.62. The van der Waals surface area contributed by atoms with Crippen molar-refractivity contribution >= 4 is 5.97 Å². The Morgan fingerprint density at radius 3 is 1.23 bits per heavy atom. The molecule has 0 radical (unpaired) electrons. The minimum atomic E-state index is -0.916. The van der Waals surface area contributed by atoms with Gasteiger partial charge >= 0.3 is 0 Å². The number of hydrogen-bond donors (Lipinski definition) is 0. The van der Waals surface area contributed by atoms with Crippen molar-refractivity contribution in [1.29, 1.82) is 0 Å². The number of rotatable bonds is 4. The molecule has 3 saturated carbocycles. The van der Waals surface area contributed by atoms with E-state index in [1.807, 2.05) is 0 Å². The van der Waals surface area contributed by atoms with Crippen LogP contribution in [0.15, 0.2) is 12.1 Å². The number of aromatic carboxylic acids is 1. The van der Waals surface area contributed by atoms with Gasteiger partial charge in [-0.2, -0.15) is 0 Å². The van der Waals surface area contributed by atoms with Crippen LogP contribution >= 0.6 is 0 Å². The van der Waals surface area contributed by atoms with Crippen molar-refractivity contribution in [2.24, 2.45) is 0 Å². The normalized spacial score (nSPS) is 23.5. The van der Waals surface area contributed by atoms with Crippen LogP contribution in [0.1, 0.15) is 160 Å². The number of carbonyl (C=O) groups excluding carboxylic acids is 1. The number of hydrogen-bond acceptors (Lipinski definition) is 2. The first-order chi connectivity index (χ1) is 14.7. The second-order valence-electron chi connectivity index (χ2n) is 10.4. The van der Waals surface area contributed by atoms with E-state index >= 15 is 0 Å². The van der Waals surface area contributed by atoms with Gasteiger partial charge in [0.15, 0.2) is 0 Å². The van der Waals surface area contributed by atoms with Crippen LogP contribution in [0.3, 0.4) is 0 Å². The molecular weight excluding hydrogens is 368 g/mol. The lowest BCUT2D eigenvalue weighted by molar-refractivity contribution is -0.255. The van der Waals surface area contributed by atoms with Gasteiger partial charge in [-0.25, -0.2) is 0 Å². The van der Waals surface area contributed by atoms with Crippen molar-refractivity contribution in [2.45, 2.75) is 133 Å². The maximum Gasteiger partial charge on any atom is 0.0721 e. The van der Waals surface area contributed by atoms with E-state index in [4.69, 9.17) is 0 Å². The summed E-state index contributed by atoms with van der Waals surface area (Å²) in [7, 11) is 0. The summed E-state index contributed by atoms with van der Waals surface area (Å²) >= 11 is 0. The molecule has 2 heteroatoms. The monoisotopic (exact) mass is 409 g/mol. The zero-order chi connectivity index (χ0) is 20.8. The van der Waals surface area contributed by atoms with Gasteiger partial charge in [0.05, 0.1) is 5.97 Å². The topological polar surface area (TPSA) is 40.1 Å². The van der Waals surface area contributed by atoms with E-state index in [1.54, 1.807) is 0 Å². The summed E-state index contributed by atoms with van der Waals surface area (Å²) in [5, 5.41) is 12.5. The van der Waals surface area contributed by atoms with E-state index in [1.165, 1.54) is 95.5 Å². The zero-order valence-electron chi connectivity index (χ0n) is 18.9. The van der Waals surface area contributed by atoms with Crippen molar-refractivity contribution in [3.05, 3.63) is 34.4 Å². The summed E-state index contributed by atoms with van der Waals surface area (Å²) in [6, 6.07) is 4.69. The summed E-state index contributed by atoms with van der Waals surface area (Å²) in [4.78, 5) is 12.5. The van der Waals surface area contributed by atoms with Crippen LogP contribution in [0, 0.1) is 0 Å². The van der Waals surface area contributed by atoms with Crippen LogP contribution in [0.5, 0.6) is 0 Å². The van der Waals surface area contributed by atoms with Gasteiger partial charge < -0.3 is 9.90 Å². The quantitative estimate of drug-likeness (QED) is 0.487. The highest BCUT2D eigenvalue weighted by Crippen LogP contribution is 2.43. The fraction of sp³-hybridized carbons (Fsp3) is 0.750. The molecule has 30 heavy (non-hydrogen) atoms. The van der Waals surface area contributed by atoms with Crippen molar-refractivity contribution in [3.8, 4) is 0 Å². The number of benzene rings is 1. The van der Waals surface area contributed by atoms with Crippen LogP contribution < -0.4 is 5.11 Å². The molecule has 3 aliphatic rings. The van der Waals surface area contributed by atoms with E-state index < -0.39 is 5.97 Å². The molecule has 0 aliphatic heterocycles. The number of carboxylic acids is 1. The molecule has 0 saturated heterocycles. The Balaban J connectivity index is 1.79. The predicted octanol–water partition coefficient (Wildman–Crippen LogP) is 7.36. The molecule has 0 atom stereocenters. The fourth-order valence-electron chi connectivity index (χ4n) is 6.62. The Morgan fingerprint density at radius 1 is 0.567 bits per heavy atom. The van der Waals surface area contributed by atoms with Crippen molar-refractivity contribution in [1.82, 2.24) is 0 Å². The number of carboxylic acid groups (broad SMARTS) is 1. The molecular formula is C28H41O2-. The molecule has 0 aromatic heterocycles. The van der Waals surface area contributed by atoms with E-state index in [0.717, 1.165) is 36.8 Å². The van der Waals surface area contributed by atoms with E-state index in [0.29, 0.717) is 23.3 Å². The molecule has 1 aromatic carbocycles. The Hall–Kier alpha value is -1.31. The molecule has 166 valence electrons. The van der Waals surface area contributed by atoms with Gasteiger partial charge in [-0.3, -0.25) is 0 Å². The Morgan fingerprint density at radius 2 is 0.900 bits per heavy atom. The lowest BCUT2D eigenvalue weighted by atomic mass is 9.77. The largest absolute Gasteiger partial charge is 0.545 e. The molecule has 0 spiro atoms. The van der Waals surface area contributed by atoms with E-state index in [9.17, 15) is 9.90 Å². The third kappa shape index (κ3) is 5.29. The smallest absolute Gasteiger partial charge is 0.0721 e. The summed E-state index contributed by atoms with van der Waals surface area (Å²) < 4.78 is 0. The zero-order valence-corrected chi connectivity index (χ0v) is 18.9. The highest BCUT2D eigenvalue weighted by molar-refractivity contribution is 5.90. The minimum Gasteiger partial charge on any atom is -0.545 e. The Bertz CT molecular complexity index is 642. The average Bonchev–Trinajstić information content (AvgIpc) is 3.28. The summed E-state index contributed by atoms with van der Waals surface area (Å²) in [6.07, 6.45) is 22.7. The number of carbonyl (C=O) groups is 1. The summed E-state index contributed by atoms with van der Waals surface area (Å²) in [6.45, 7) is 0. The minimum absolute atomic E-state index is 0.413. The molecule has 0 heterocycles. The third-order valence-corrected chi connectivity index (χ3v) is 8.34. The predicted molar refractivity (Wildman–Crippen MR) is 122 cm³/mol. The second kappa shape index (κ2) is 10.8. The van der Waals surface area contributed by atoms with Gasteiger partial charge in [-0.1, -0.05) is 89.2 Å². The molecule has 0 unspecified atom stereocenters. The SMILES string of the molecule is O=C([O-])c1c(C2CCCCCC2)cc(C2CCCCCC2)cc1C1CCCCCC1. The summed E-state index contributed by atoms with van der Waals surface area (Å²) in [5.41, 5.74) is 4.36. The van der Waals surface area contributed by atoms with Crippen LogP contribution in [0.4, 0.5) is 0 Å². The highest BCUT2D eigenvalue weighted by Gasteiger charge is 2.27.